The van der Waals surface area contributed by atoms with Crippen molar-refractivity contribution in [2.24, 2.45) is 10.7 Å². The van der Waals surface area contributed by atoms with Gasteiger partial charge in [0.1, 0.15) is 0 Å². The molecule has 0 unspecified atom stereocenters. The zero-order valence-corrected chi connectivity index (χ0v) is 13.5. The van der Waals surface area contributed by atoms with E-state index in [4.69, 9.17) is 5.73 Å². The number of alkyl halides is 2. The minimum Gasteiger partial charge on any atom is -0.405 e. The van der Waals surface area contributed by atoms with Crippen molar-refractivity contribution in [3.05, 3.63) is 35.8 Å². The molecule has 0 aliphatic rings. The summed E-state index contributed by atoms with van der Waals surface area (Å²) in [6.45, 7) is 3.09. The van der Waals surface area contributed by atoms with Crippen LogP contribution in [0.2, 0.25) is 0 Å². The van der Waals surface area contributed by atoms with E-state index in [0.717, 1.165) is 11.8 Å². The van der Waals surface area contributed by atoms with Crippen molar-refractivity contribution in [2.75, 3.05) is 0 Å². The van der Waals surface area contributed by atoms with Gasteiger partial charge < -0.3 is 10.7 Å². The molecule has 3 nitrogen and oxygen atoms in total. The number of aliphatic imine (C=N–C) groups is 1. The van der Waals surface area contributed by atoms with Gasteiger partial charge in [-0.15, -0.1) is 5.56 Å². The summed E-state index contributed by atoms with van der Waals surface area (Å²) in [7, 11) is 0. The molecule has 0 amide bonds. The number of hydrogen-bond acceptors (Lipinski definition) is 3. The number of hydrogen-bond donors (Lipinski definition) is 1. The van der Waals surface area contributed by atoms with Crippen molar-refractivity contribution in [1.29, 1.82) is 0 Å². The normalized spacial score (nSPS) is 10.9. The Morgan fingerprint density at radius 2 is 2.11 bits per heavy atom. The van der Waals surface area contributed by atoms with Crippen LogP contribution in [0.4, 0.5) is 8.78 Å². The van der Waals surface area contributed by atoms with Crippen LogP contribution in [0.5, 0.6) is 0 Å². The number of nitrogens with two attached hydrogens (primary N) is 1. The molecule has 1 rings (SSSR count). The van der Waals surface area contributed by atoms with E-state index >= 15 is 0 Å². The Kier molecular flexibility index (Phi) is 12.5. The van der Waals surface area contributed by atoms with E-state index < -0.39 is 6.55 Å². The first-order valence-electron chi connectivity index (χ1n) is 5.21. The molecule has 18 heavy (non-hydrogen) atoms. The van der Waals surface area contributed by atoms with Gasteiger partial charge in [0.05, 0.1) is 0 Å². The summed E-state index contributed by atoms with van der Waals surface area (Å²) in [4.78, 5) is 6.95. The van der Waals surface area contributed by atoms with Crippen LogP contribution in [0.25, 0.3) is 5.57 Å². The molecule has 6 heteroatoms. The zero-order valence-electron chi connectivity index (χ0n) is 10.7. The summed E-state index contributed by atoms with van der Waals surface area (Å²) in [5.41, 5.74) is 6.94. The summed E-state index contributed by atoms with van der Waals surface area (Å²) in [5.74, 6) is 0. The monoisotopic (exact) mass is 329 g/mol. The Morgan fingerprint density at radius 1 is 1.50 bits per heavy atom. The number of aromatic nitrogens is 1. The average molecular weight is 329 g/mol. The van der Waals surface area contributed by atoms with E-state index in [1.165, 1.54) is 6.20 Å². The van der Waals surface area contributed by atoms with Crippen LogP contribution in [0.15, 0.2) is 23.5 Å². The van der Waals surface area contributed by atoms with Crippen molar-refractivity contribution in [3.63, 3.8) is 0 Å². The minimum absolute atomic E-state index is 0. The fraction of sp³-hybridized carbons (Fsp3) is 0.333. The second-order valence-electron chi connectivity index (χ2n) is 2.79. The van der Waals surface area contributed by atoms with Gasteiger partial charge in [-0.05, 0) is 17.5 Å². The van der Waals surface area contributed by atoms with Gasteiger partial charge in [-0.2, -0.15) is 20.9 Å². The maximum Gasteiger partial charge on any atom is 0.331 e. The van der Waals surface area contributed by atoms with E-state index in [9.17, 15) is 8.78 Å². The summed E-state index contributed by atoms with van der Waals surface area (Å²) in [6.07, 6.45) is 3.75. The van der Waals surface area contributed by atoms with Gasteiger partial charge in [-0.1, -0.05) is 27.0 Å². The minimum atomic E-state index is -2.74. The topological polar surface area (TPSA) is 51.3 Å². The quantitative estimate of drug-likeness (QED) is 0.527. The summed E-state index contributed by atoms with van der Waals surface area (Å²) in [5, 5.41) is 0. The zero-order chi connectivity index (χ0) is 13.3. The number of aryl methyl sites for hydroxylation is 1. The van der Waals surface area contributed by atoms with Gasteiger partial charge in [-0.25, -0.2) is 4.99 Å². The second-order valence-corrected chi connectivity index (χ2v) is 2.79. The van der Waals surface area contributed by atoms with E-state index in [0.29, 0.717) is 11.3 Å². The van der Waals surface area contributed by atoms with Crippen LogP contribution < -0.4 is 5.73 Å². The SMILES string of the molecule is CC.Cc1[c-]cc(C(=C/N)/C=N/C(F)F)nc1.[Y]. The van der Waals surface area contributed by atoms with Crippen LogP contribution in [0, 0.1) is 13.0 Å². The second kappa shape index (κ2) is 11.4. The van der Waals surface area contributed by atoms with Crippen LogP contribution in [-0.4, -0.2) is 17.7 Å². The molecule has 0 saturated heterocycles. The first-order valence-corrected chi connectivity index (χ1v) is 5.21. The Hall–Kier alpha value is -0.676. The van der Waals surface area contributed by atoms with E-state index in [-0.39, 0.29) is 32.7 Å². The van der Waals surface area contributed by atoms with Gasteiger partial charge in [0.25, 0.3) is 0 Å². The van der Waals surface area contributed by atoms with Gasteiger partial charge >= 0.3 is 6.55 Å². The van der Waals surface area contributed by atoms with Crippen molar-refractivity contribution in [2.45, 2.75) is 27.3 Å². The summed E-state index contributed by atoms with van der Waals surface area (Å²) < 4.78 is 23.6. The summed E-state index contributed by atoms with van der Waals surface area (Å²) in [6, 6.07) is 4.47. The molecule has 1 aromatic heterocycles. The van der Waals surface area contributed by atoms with Crippen LogP contribution in [-0.2, 0) is 32.7 Å². The van der Waals surface area contributed by atoms with Gasteiger partial charge in [0, 0.05) is 38.9 Å². The van der Waals surface area contributed by atoms with Crippen LogP contribution in [0.3, 0.4) is 0 Å². The fourth-order valence-electron chi connectivity index (χ4n) is 0.912. The van der Waals surface area contributed by atoms with Crippen molar-refractivity contribution in [1.82, 2.24) is 4.98 Å². The molecule has 0 bridgehead atoms. The Balaban J connectivity index is 0. The first kappa shape index (κ1) is 19.7. The molecule has 1 radical (unpaired) electrons. The van der Waals surface area contributed by atoms with E-state index in [1.54, 1.807) is 12.3 Å². The standard InChI is InChI=1S/C10H10F2N3.C2H6.Y/c1-7-2-3-9(14-5-7)8(4-13)6-15-10(11)12;1-2;/h3-6,10H,13H2,1H3;1-2H3;/q-1;;/b8-4+,15-6+;;. The molecule has 1 heterocycles. The van der Waals surface area contributed by atoms with E-state index in [2.05, 4.69) is 16.0 Å². The van der Waals surface area contributed by atoms with Crippen molar-refractivity contribution < 1.29 is 41.5 Å². The van der Waals surface area contributed by atoms with Crippen molar-refractivity contribution in [3.8, 4) is 0 Å². The predicted octanol–water partition coefficient (Wildman–Crippen LogP) is 2.81. The molecule has 0 aliphatic carbocycles. The van der Waals surface area contributed by atoms with E-state index in [1.807, 2.05) is 20.8 Å². The van der Waals surface area contributed by atoms with Crippen LogP contribution >= 0.6 is 0 Å². The Labute approximate surface area is 131 Å². The third kappa shape index (κ3) is 7.61. The van der Waals surface area contributed by atoms with Crippen LogP contribution in [0.1, 0.15) is 25.1 Å². The predicted molar refractivity (Wildman–Crippen MR) is 65.8 cm³/mol. The summed E-state index contributed by atoms with van der Waals surface area (Å²) >= 11 is 0. The first-order chi connectivity index (χ1) is 8.13. The molecular weight excluding hydrogens is 313 g/mol. The molecule has 97 valence electrons. The molecule has 0 saturated carbocycles. The van der Waals surface area contributed by atoms with Crippen molar-refractivity contribution >= 4 is 11.8 Å². The third-order valence-electron chi connectivity index (χ3n) is 1.64. The number of nitrogens with zero attached hydrogens (tertiary/aromatic N) is 2. The fourth-order valence-corrected chi connectivity index (χ4v) is 0.912. The maximum atomic E-state index is 11.8. The maximum absolute atomic E-state index is 11.8. The number of pyridine rings is 1. The largest absolute Gasteiger partial charge is 0.405 e. The molecule has 0 spiro atoms. The molecule has 2 N–H and O–H groups in total. The third-order valence-corrected chi connectivity index (χ3v) is 1.64. The number of halogens is 2. The smallest absolute Gasteiger partial charge is 0.331 e. The molecular formula is C12H16F2N3Y-. The molecule has 0 aromatic carbocycles. The Morgan fingerprint density at radius 3 is 2.50 bits per heavy atom. The Bertz CT molecular complexity index is 375. The molecule has 0 fully saturated rings. The number of rotatable bonds is 3. The van der Waals surface area contributed by atoms with Gasteiger partial charge in [0.2, 0.25) is 0 Å². The number of allylic oxidation sites excluding steroid dienone is 1. The molecule has 0 atom stereocenters. The average Bonchev–Trinajstić information content (AvgIpc) is 2.34. The van der Waals surface area contributed by atoms with Gasteiger partial charge in [-0.3, -0.25) is 0 Å². The van der Waals surface area contributed by atoms with Gasteiger partial charge in [0.15, 0.2) is 0 Å². The molecule has 1 aromatic rings. The molecule has 0 aliphatic heterocycles.